The summed E-state index contributed by atoms with van der Waals surface area (Å²) in [7, 11) is 0. The van der Waals surface area contributed by atoms with Crippen LogP contribution in [0.1, 0.15) is 21.7 Å². The van der Waals surface area contributed by atoms with Gasteiger partial charge >= 0.3 is 0 Å². The van der Waals surface area contributed by atoms with Gasteiger partial charge in [0.1, 0.15) is 0 Å². The van der Waals surface area contributed by atoms with Crippen LogP contribution in [0.4, 0.5) is 4.39 Å². The van der Waals surface area contributed by atoms with Crippen molar-refractivity contribution in [3.63, 3.8) is 0 Å². The summed E-state index contributed by atoms with van der Waals surface area (Å²) in [5.41, 5.74) is 7.18. The van der Waals surface area contributed by atoms with E-state index in [1.54, 1.807) is 30.3 Å². The van der Waals surface area contributed by atoms with Crippen molar-refractivity contribution in [3.8, 4) is 0 Å². The molecule has 0 saturated carbocycles. The highest BCUT2D eigenvalue weighted by Crippen LogP contribution is 2.24. The van der Waals surface area contributed by atoms with Crippen molar-refractivity contribution >= 4 is 16.8 Å². The molecule has 0 radical (unpaired) electrons. The van der Waals surface area contributed by atoms with Gasteiger partial charge in [0.25, 0.3) is 0 Å². The van der Waals surface area contributed by atoms with Crippen molar-refractivity contribution in [1.82, 2.24) is 0 Å². The second kappa shape index (κ2) is 5.50. The van der Waals surface area contributed by atoms with Crippen LogP contribution in [-0.2, 0) is 6.42 Å². The molecule has 3 nitrogen and oxygen atoms in total. The third-order valence-electron chi connectivity index (χ3n) is 3.37. The molecule has 21 heavy (non-hydrogen) atoms. The molecule has 1 heterocycles. The van der Waals surface area contributed by atoms with Crippen LogP contribution >= 0.6 is 0 Å². The van der Waals surface area contributed by atoms with Crippen LogP contribution < -0.4 is 5.73 Å². The Morgan fingerprint density at radius 3 is 2.57 bits per heavy atom. The van der Waals surface area contributed by atoms with Gasteiger partial charge in [-0.3, -0.25) is 4.79 Å². The molecule has 3 aromatic rings. The lowest BCUT2D eigenvalue weighted by molar-refractivity contribution is 0.101. The Kier molecular flexibility index (Phi) is 3.54. The predicted molar refractivity (Wildman–Crippen MR) is 78.8 cm³/mol. The van der Waals surface area contributed by atoms with Crippen molar-refractivity contribution in [3.05, 3.63) is 71.2 Å². The molecule has 0 bridgehead atoms. The number of fused-ring (bicyclic) bond motifs is 1. The van der Waals surface area contributed by atoms with Gasteiger partial charge in [-0.05, 0) is 30.7 Å². The van der Waals surface area contributed by atoms with Crippen molar-refractivity contribution in [1.29, 1.82) is 0 Å². The van der Waals surface area contributed by atoms with E-state index < -0.39 is 5.82 Å². The van der Waals surface area contributed by atoms with Gasteiger partial charge in [-0.1, -0.05) is 36.4 Å². The van der Waals surface area contributed by atoms with E-state index in [0.29, 0.717) is 17.5 Å². The summed E-state index contributed by atoms with van der Waals surface area (Å²) in [6.45, 7) is 0.566. The van der Waals surface area contributed by atoms with Gasteiger partial charge in [0.2, 0.25) is 5.78 Å². The van der Waals surface area contributed by atoms with Gasteiger partial charge in [0.15, 0.2) is 17.2 Å². The summed E-state index contributed by atoms with van der Waals surface area (Å²) in [4.78, 5) is 12.4. The van der Waals surface area contributed by atoms with Gasteiger partial charge in [-0.2, -0.15) is 0 Å². The third kappa shape index (κ3) is 2.58. The van der Waals surface area contributed by atoms with Crippen LogP contribution in [0.15, 0.2) is 52.9 Å². The minimum absolute atomic E-state index is 0.112. The Morgan fingerprint density at radius 2 is 1.90 bits per heavy atom. The van der Waals surface area contributed by atoms with E-state index in [0.717, 1.165) is 12.0 Å². The lowest BCUT2D eigenvalue weighted by Crippen LogP contribution is -2.04. The number of nitrogens with two attached hydrogens (primary N) is 1. The topological polar surface area (TPSA) is 56.2 Å². The van der Waals surface area contributed by atoms with Crippen molar-refractivity contribution in [2.75, 3.05) is 6.54 Å². The van der Waals surface area contributed by atoms with Gasteiger partial charge in [-0.25, -0.2) is 4.39 Å². The average Bonchev–Trinajstić information content (AvgIpc) is 2.93. The number of para-hydroxylation sites is 1. The molecular weight excluding hydrogens is 269 g/mol. The van der Waals surface area contributed by atoms with Crippen LogP contribution in [0.5, 0.6) is 0 Å². The van der Waals surface area contributed by atoms with E-state index in [9.17, 15) is 9.18 Å². The predicted octanol–water partition coefficient (Wildman–Crippen LogP) is 3.30. The highest BCUT2D eigenvalue weighted by molar-refractivity contribution is 6.09. The highest BCUT2D eigenvalue weighted by atomic mass is 19.1. The quantitative estimate of drug-likeness (QED) is 0.747. The Balaban J connectivity index is 1.94. The Morgan fingerprint density at radius 1 is 1.14 bits per heavy atom. The minimum Gasteiger partial charge on any atom is -0.449 e. The second-order valence-electron chi connectivity index (χ2n) is 4.83. The lowest BCUT2D eigenvalue weighted by atomic mass is 10.0. The largest absolute Gasteiger partial charge is 0.449 e. The maximum Gasteiger partial charge on any atom is 0.228 e. The first kappa shape index (κ1) is 13.5. The van der Waals surface area contributed by atoms with Gasteiger partial charge in [-0.15, -0.1) is 0 Å². The number of rotatable bonds is 4. The third-order valence-corrected chi connectivity index (χ3v) is 3.37. The lowest BCUT2D eigenvalue weighted by Gasteiger charge is -2.01. The van der Waals surface area contributed by atoms with Crippen LogP contribution in [0.3, 0.4) is 0 Å². The van der Waals surface area contributed by atoms with Crippen LogP contribution in [0.25, 0.3) is 11.0 Å². The van der Waals surface area contributed by atoms with Crippen LogP contribution in [-0.4, -0.2) is 12.3 Å². The standard InChI is InChI=1S/C17H14FNO2/c18-14-3-1-2-13-10-15(21-17(13)14)16(20)12-6-4-11(5-7-12)8-9-19/h1-7,10H,8-9,19H2. The number of ketones is 1. The molecule has 2 N–H and O–H groups in total. The number of carbonyl (C=O) groups excluding carboxylic acids is 1. The molecule has 0 atom stereocenters. The van der Waals surface area contributed by atoms with Crippen molar-refractivity contribution < 1.29 is 13.6 Å². The maximum atomic E-state index is 13.6. The SMILES string of the molecule is NCCc1ccc(C(=O)c2cc3cccc(F)c3o2)cc1. The molecule has 0 aliphatic carbocycles. The van der Waals surface area contributed by atoms with Crippen molar-refractivity contribution in [2.45, 2.75) is 6.42 Å². The van der Waals surface area contributed by atoms with Gasteiger partial charge in [0.05, 0.1) is 0 Å². The fourth-order valence-electron chi connectivity index (χ4n) is 2.27. The molecule has 2 aromatic carbocycles. The summed E-state index contributed by atoms with van der Waals surface area (Å²) in [5.74, 6) is -0.587. The molecule has 0 unspecified atom stereocenters. The molecular formula is C17H14FNO2. The van der Waals surface area contributed by atoms with Crippen molar-refractivity contribution in [2.24, 2.45) is 5.73 Å². The maximum absolute atomic E-state index is 13.6. The molecule has 4 heteroatoms. The Hall–Kier alpha value is -2.46. The number of halogens is 1. The minimum atomic E-state index is -0.468. The van der Waals surface area contributed by atoms with E-state index in [-0.39, 0.29) is 17.1 Å². The molecule has 1 aromatic heterocycles. The second-order valence-corrected chi connectivity index (χ2v) is 4.83. The van der Waals surface area contributed by atoms with Crippen LogP contribution in [0, 0.1) is 5.82 Å². The molecule has 0 fully saturated rings. The zero-order valence-electron chi connectivity index (χ0n) is 11.3. The first-order valence-electron chi connectivity index (χ1n) is 6.71. The van der Waals surface area contributed by atoms with E-state index >= 15 is 0 Å². The first-order chi connectivity index (χ1) is 10.2. The van der Waals surface area contributed by atoms with Gasteiger partial charge < -0.3 is 10.2 Å². The smallest absolute Gasteiger partial charge is 0.228 e. The van der Waals surface area contributed by atoms with Gasteiger partial charge in [0, 0.05) is 10.9 Å². The van der Waals surface area contributed by atoms with E-state index in [4.69, 9.17) is 10.2 Å². The molecule has 0 aliphatic heterocycles. The van der Waals surface area contributed by atoms with Crippen LogP contribution in [0.2, 0.25) is 0 Å². The molecule has 3 rings (SSSR count). The zero-order valence-corrected chi connectivity index (χ0v) is 11.3. The summed E-state index contributed by atoms with van der Waals surface area (Å²) in [5, 5.41) is 0.582. The Bertz CT molecular complexity index is 790. The first-order valence-corrected chi connectivity index (χ1v) is 6.71. The molecule has 0 amide bonds. The fourth-order valence-corrected chi connectivity index (χ4v) is 2.27. The highest BCUT2D eigenvalue weighted by Gasteiger charge is 2.16. The monoisotopic (exact) mass is 283 g/mol. The summed E-state index contributed by atoms with van der Waals surface area (Å²) in [6.07, 6.45) is 0.768. The zero-order chi connectivity index (χ0) is 14.8. The van der Waals surface area contributed by atoms with E-state index in [1.807, 2.05) is 12.1 Å². The summed E-state index contributed by atoms with van der Waals surface area (Å²) in [6, 6.07) is 13.4. The molecule has 0 aliphatic rings. The molecule has 106 valence electrons. The number of hydrogen-bond acceptors (Lipinski definition) is 3. The number of hydrogen-bond donors (Lipinski definition) is 1. The Labute approximate surface area is 121 Å². The molecule has 0 saturated heterocycles. The normalized spacial score (nSPS) is 11.0. The number of benzene rings is 2. The van der Waals surface area contributed by atoms with E-state index in [2.05, 4.69) is 0 Å². The number of carbonyl (C=O) groups is 1. The summed E-state index contributed by atoms with van der Waals surface area (Å²) < 4.78 is 18.9. The van der Waals surface area contributed by atoms with E-state index in [1.165, 1.54) is 6.07 Å². The molecule has 0 spiro atoms. The number of furan rings is 1. The summed E-state index contributed by atoms with van der Waals surface area (Å²) >= 11 is 0. The average molecular weight is 283 g/mol. The fraction of sp³-hybridized carbons (Fsp3) is 0.118.